The van der Waals surface area contributed by atoms with E-state index in [9.17, 15) is 19.5 Å². The van der Waals surface area contributed by atoms with Crippen LogP contribution in [0.2, 0.25) is 0 Å². The highest BCUT2D eigenvalue weighted by atomic mass is 16.5. The first kappa shape index (κ1) is 24.8. The molecular weight excluding hydrogens is 444 g/mol. The molecule has 0 radical (unpaired) electrons. The molecule has 0 spiro atoms. The Morgan fingerprint density at radius 3 is 2.31 bits per heavy atom. The summed E-state index contributed by atoms with van der Waals surface area (Å²) >= 11 is 0. The number of nitrogens with zero attached hydrogens (tertiary/aromatic N) is 1. The van der Waals surface area contributed by atoms with Crippen molar-refractivity contribution < 1.29 is 24.2 Å². The molecule has 1 aliphatic carbocycles. The van der Waals surface area contributed by atoms with E-state index in [-0.39, 0.29) is 37.4 Å². The lowest BCUT2D eigenvalue weighted by Crippen LogP contribution is -2.41. The fraction of sp³-hybridized carbons (Fsp3) is 0.464. The van der Waals surface area contributed by atoms with Gasteiger partial charge in [0.15, 0.2) is 0 Å². The second-order valence-corrected chi connectivity index (χ2v) is 9.94. The van der Waals surface area contributed by atoms with Gasteiger partial charge in [-0.25, -0.2) is 4.79 Å². The van der Waals surface area contributed by atoms with Gasteiger partial charge in [-0.3, -0.25) is 9.59 Å². The molecule has 2 aliphatic rings. The fourth-order valence-electron chi connectivity index (χ4n) is 5.17. The van der Waals surface area contributed by atoms with Crippen molar-refractivity contribution in [2.45, 2.75) is 57.9 Å². The van der Waals surface area contributed by atoms with Crippen LogP contribution < -0.4 is 5.32 Å². The van der Waals surface area contributed by atoms with Gasteiger partial charge in [-0.1, -0.05) is 68.3 Å². The predicted octanol–water partition coefficient (Wildman–Crippen LogP) is 4.80. The fourth-order valence-corrected chi connectivity index (χ4v) is 5.17. The number of alkyl carbamates (subject to hydrolysis) is 1. The van der Waals surface area contributed by atoms with Gasteiger partial charge in [0.25, 0.3) is 0 Å². The molecule has 1 aliphatic heterocycles. The molecule has 1 heterocycles. The van der Waals surface area contributed by atoms with Gasteiger partial charge >= 0.3 is 12.1 Å². The van der Waals surface area contributed by atoms with E-state index >= 15 is 0 Å². The molecule has 1 saturated heterocycles. The topological polar surface area (TPSA) is 95.9 Å². The van der Waals surface area contributed by atoms with Crippen LogP contribution in [-0.2, 0) is 14.3 Å². The second-order valence-electron chi connectivity index (χ2n) is 9.94. The van der Waals surface area contributed by atoms with Gasteiger partial charge in [0.05, 0.1) is 5.41 Å². The second kappa shape index (κ2) is 10.5. The summed E-state index contributed by atoms with van der Waals surface area (Å²) in [6, 6.07) is 16.0. The number of aliphatic carboxylic acids is 1. The lowest BCUT2D eigenvalue weighted by molar-refractivity contribution is -0.147. The standard InChI is InChI=1S/C28H34N2O5/c1-3-4-9-19(16-25(31)30-15-14-28(2,18-30)26(32)33)29-27(34)35-17-24-22-12-7-5-10-20(22)21-11-6-8-13-23(21)24/h5-8,10-13,19,24H,3-4,9,14-18H2,1-2H3,(H,29,34)(H,32,33)/t19-,28?/m0/s1. The maximum absolute atomic E-state index is 12.9. The number of ether oxygens (including phenoxy) is 1. The summed E-state index contributed by atoms with van der Waals surface area (Å²) in [5, 5.41) is 12.3. The van der Waals surface area contributed by atoms with Gasteiger partial charge in [0.1, 0.15) is 6.61 Å². The van der Waals surface area contributed by atoms with E-state index in [1.54, 1.807) is 11.8 Å². The largest absolute Gasteiger partial charge is 0.481 e. The highest BCUT2D eigenvalue weighted by Crippen LogP contribution is 2.44. The lowest BCUT2D eigenvalue weighted by Gasteiger charge is -2.24. The van der Waals surface area contributed by atoms with Crippen molar-refractivity contribution in [2.75, 3.05) is 19.7 Å². The van der Waals surface area contributed by atoms with E-state index in [2.05, 4.69) is 36.5 Å². The normalized spacial score (nSPS) is 19.7. The van der Waals surface area contributed by atoms with E-state index in [0.717, 1.165) is 24.0 Å². The van der Waals surface area contributed by atoms with E-state index < -0.39 is 17.5 Å². The van der Waals surface area contributed by atoms with Gasteiger partial charge in [0.2, 0.25) is 5.91 Å². The van der Waals surface area contributed by atoms with E-state index in [0.29, 0.717) is 19.4 Å². The molecule has 4 rings (SSSR count). The number of carboxylic acids is 1. The summed E-state index contributed by atoms with van der Waals surface area (Å²) < 4.78 is 5.67. The number of amides is 2. The molecule has 2 atom stereocenters. The highest BCUT2D eigenvalue weighted by molar-refractivity contribution is 5.81. The first-order valence-corrected chi connectivity index (χ1v) is 12.4. The van der Waals surface area contributed by atoms with E-state index in [1.807, 2.05) is 24.3 Å². The van der Waals surface area contributed by atoms with Gasteiger partial charge in [-0.15, -0.1) is 0 Å². The molecule has 1 unspecified atom stereocenters. The zero-order valence-corrected chi connectivity index (χ0v) is 20.5. The Labute approximate surface area is 206 Å². The van der Waals surface area contributed by atoms with Crippen molar-refractivity contribution in [2.24, 2.45) is 5.41 Å². The third-order valence-corrected chi connectivity index (χ3v) is 7.34. The van der Waals surface area contributed by atoms with Crippen LogP contribution in [-0.4, -0.2) is 53.7 Å². The van der Waals surface area contributed by atoms with Crippen LogP contribution in [0.5, 0.6) is 0 Å². The Morgan fingerprint density at radius 2 is 1.74 bits per heavy atom. The quantitative estimate of drug-likeness (QED) is 0.540. The molecular formula is C28H34N2O5. The number of likely N-dealkylation sites (tertiary alicyclic amines) is 1. The minimum Gasteiger partial charge on any atom is -0.481 e. The molecule has 0 saturated carbocycles. The summed E-state index contributed by atoms with van der Waals surface area (Å²) in [6.07, 6.45) is 2.52. The molecule has 7 nitrogen and oxygen atoms in total. The van der Waals surface area contributed by atoms with Crippen molar-refractivity contribution in [3.05, 3.63) is 59.7 Å². The van der Waals surface area contributed by atoms with Crippen LogP contribution in [0.25, 0.3) is 11.1 Å². The zero-order valence-electron chi connectivity index (χ0n) is 20.5. The van der Waals surface area contributed by atoms with Crippen LogP contribution in [0.4, 0.5) is 4.79 Å². The monoisotopic (exact) mass is 478 g/mol. The molecule has 2 aromatic carbocycles. The average molecular weight is 479 g/mol. The number of unbranched alkanes of at least 4 members (excludes halogenated alkanes) is 1. The van der Waals surface area contributed by atoms with Crippen molar-refractivity contribution in [3.8, 4) is 11.1 Å². The molecule has 2 amide bonds. The number of carbonyl (C=O) groups excluding carboxylic acids is 2. The molecule has 7 heteroatoms. The third kappa shape index (κ3) is 5.34. The van der Waals surface area contributed by atoms with Crippen molar-refractivity contribution in [3.63, 3.8) is 0 Å². The van der Waals surface area contributed by atoms with Gasteiger partial charge < -0.3 is 20.1 Å². The molecule has 2 N–H and O–H groups in total. The van der Waals surface area contributed by atoms with Crippen LogP contribution in [0, 0.1) is 5.41 Å². The number of carboxylic acid groups (broad SMARTS) is 1. The Balaban J connectivity index is 1.36. The zero-order chi connectivity index (χ0) is 25.0. The molecule has 0 bridgehead atoms. The highest BCUT2D eigenvalue weighted by Gasteiger charge is 2.42. The molecule has 2 aromatic rings. The molecule has 1 fully saturated rings. The Hall–Kier alpha value is -3.35. The Bertz CT molecular complexity index is 1050. The molecule has 186 valence electrons. The summed E-state index contributed by atoms with van der Waals surface area (Å²) in [6.45, 7) is 4.58. The van der Waals surface area contributed by atoms with Crippen LogP contribution in [0.15, 0.2) is 48.5 Å². The lowest BCUT2D eigenvalue weighted by atomic mass is 9.90. The maximum atomic E-state index is 12.9. The number of carbonyl (C=O) groups is 3. The summed E-state index contributed by atoms with van der Waals surface area (Å²) in [5.74, 6) is -1.04. The summed E-state index contributed by atoms with van der Waals surface area (Å²) in [5.41, 5.74) is 3.73. The van der Waals surface area contributed by atoms with E-state index in [1.165, 1.54) is 11.1 Å². The molecule has 35 heavy (non-hydrogen) atoms. The summed E-state index contributed by atoms with van der Waals surface area (Å²) in [4.78, 5) is 38.8. The van der Waals surface area contributed by atoms with E-state index in [4.69, 9.17) is 4.74 Å². The smallest absolute Gasteiger partial charge is 0.407 e. The number of hydrogen-bond acceptors (Lipinski definition) is 4. The van der Waals surface area contributed by atoms with Gasteiger partial charge in [-0.05, 0) is 42.0 Å². The van der Waals surface area contributed by atoms with Crippen LogP contribution >= 0.6 is 0 Å². The number of rotatable bonds is 9. The SMILES string of the molecule is CCCC[C@@H](CC(=O)N1CCC(C)(C(=O)O)C1)NC(=O)OCC1c2ccccc2-c2ccccc21. The van der Waals surface area contributed by atoms with Crippen LogP contribution in [0.3, 0.4) is 0 Å². The van der Waals surface area contributed by atoms with Gasteiger partial charge in [0, 0.05) is 31.5 Å². The predicted molar refractivity (Wildman–Crippen MR) is 133 cm³/mol. The van der Waals surface area contributed by atoms with Crippen molar-refractivity contribution >= 4 is 18.0 Å². The van der Waals surface area contributed by atoms with Crippen LogP contribution in [0.1, 0.15) is 63.0 Å². The first-order valence-electron chi connectivity index (χ1n) is 12.4. The maximum Gasteiger partial charge on any atom is 0.407 e. The Morgan fingerprint density at radius 1 is 1.11 bits per heavy atom. The minimum absolute atomic E-state index is 0.0258. The molecule has 0 aromatic heterocycles. The van der Waals surface area contributed by atoms with Gasteiger partial charge in [-0.2, -0.15) is 0 Å². The first-order chi connectivity index (χ1) is 16.8. The summed E-state index contributed by atoms with van der Waals surface area (Å²) in [7, 11) is 0. The van der Waals surface area contributed by atoms with Crippen molar-refractivity contribution in [1.82, 2.24) is 10.2 Å². The number of fused-ring (bicyclic) bond motifs is 3. The number of hydrogen-bond donors (Lipinski definition) is 2. The third-order valence-electron chi connectivity index (χ3n) is 7.34. The average Bonchev–Trinajstić information content (AvgIpc) is 3.41. The number of nitrogens with one attached hydrogen (secondary N) is 1. The van der Waals surface area contributed by atoms with Crippen molar-refractivity contribution in [1.29, 1.82) is 0 Å². The minimum atomic E-state index is -0.908. The Kier molecular flexibility index (Phi) is 7.43. The number of benzene rings is 2.